The van der Waals surface area contributed by atoms with Crippen molar-refractivity contribution in [2.24, 2.45) is 0 Å². The Bertz CT molecular complexity index is 1470. The number of methoxy groups -OCH3 is 1. The molecule has 176 valence electrons. The summed E-state index contributed by atoms with van der Waals surface area (Å²) in [6.45, 7) is 0. The van der Waals surface area contributed by atoms with Crippen molar-refractivity contribution in [3.63, 3.8) is 0 Å². The molecule has 2 aromatic carbocycles. The number of aromatic nitrogens is 2. The summed E-state index contributed by atoms with van der Waals surface area (Å²) in [5.41, 5.74) is -2.09. The fourth-order valence-electron chi connectivity index (χ4n) is 3.95. The molecule has 0 bridgehead atoms. The molecule has 2 heterocycles. The molecule has 4 aromatic rings. The fraction of sp³-hybridized carbons (Fsp3) is 0.136. The highest BCUT2D eigenvalue weighted by atomic mass is 19.3. The minimum Gasteiger partial charge on any atom is -0.506 e. The monoisotopic (exact) mass is 477 g/mol. The molecule has 0 radical (unpaired) electrons. The Kier molecular flexibility index (Phi) is 5.51. The Hall–Kier alpha value is -4.35. The summed E-state index contributed by atoms with van der Waals surface area (Å²) >= 11 is 0. The second kappa shape index (κ2) is 8.21. The summed E-state index contributed by atoms with van der Waals surface area (Å²) in [6, 6.07) is -0.387. The van der Waals surface area contributed by atoms with E-state index in [-0.39, 0.29) is 39.5 Å². The number of benzene rings is 2. The number of nitrogens with one attached hydrogen (secondary N) is 1. The lowest BCUT2D eigenvalue weighted by Crippen LogP contribution is -2.26. The molecule has 1 amide bonds. The van der Waals surface area contributed by atoms with Crippen molar-refractivity contribution in [3.05, 3.63) is 59.4 Å². The second-order valence-electron chi connectivity index (χ2n) is 7.20. The average molecular weight is 477 g/mol. The fourth-order valence-corrected chi connectivity index (χ4v) is 3.95. The van der Waals surface area contributed by atoms with E-state index in [0.29, 0.717) is 10.6 Å². The number of nitrogens with zero attached hydrogens (tertiary/aromatic N) is 2. The number of rotatable bonds is 7. The Morgan fingerprint density at radius 3 is 2.53 bits per heavy atom. The van der Waals surface area contributed by atoms with Gasteiger partial charge in [0.25, 0.3) is 0 Å². The van der Waals surface area contributed by atoms with E-state index in [4.69, 9.17) is 0 Å². The predicted molar refractivity (Wildman–Crippen MR) is 112 cm³/mol. The molecule has 3 N–H and O–H groups in total. The van der Waals surface area contributed by atoms with Crippen LogP contribution in [0.4, 0.5) is 23.2 Å². The lowest BCUT2D eigenvalue weighted by molar-refractivity contribution is -0.136. The minimum atomic E-state index is -4.22. The number of alkyl halides is 2. The van der Waals surface area contributed by atoms with Gasteiger partial charge in [-0.15, -0.1) is 0 Å². The lowest BCUT2D eigenvalue weighted by Gasteiger charge is -2.22. The first-order chi connectivity index (χ1) is 16.1. The highest BCUT2D eigenvalue weighted by Crippen LogP contribution is 2.46. The van der Waals surface area contributed by atoms with Gasteiger partial charge < -0.3 is 20.3 Å². The zero-order valence-corrected chi connectivity index (χ0v) is 17.3. The number of carbonyl (C=O) groups excluding carboxylic acids is 1. The van der Waals surface area contributed by atoms with Crippen molar-refractivity contribution in [3.8, 4) is 11.5 Å². The Morgan fingerprint density at radius 2 is 1.88 bits per heavy atom. The molecule has 0 aliphatic rings. The number of carbonyl (C=O) groups is 2. The van der Waals surface area contributed by atoms with E-state index in [1.54, 1.807) is 0 Å². The number of pyridine rings is 1. The summed E-state index contributed by atoms with van der Waals surface area (Å²) in [5, 5.41) is 21.6. The van der Waals surface area contributed by atoms with Crippen LogP contribution in [0.25, 0.3) is 21.8 Å². The SMILES string of the molecule is COc1ccc(C(F)(F)n2c3cncc(O)c3c3c(NC=O)c(CC(=O)O)ccc32)c(F)c1F. The van der Waals surface area contributed by atoms with E-state index < -0.39 is 47.1 Å². The topological polar surface area (TPSA) is 114 Å². The molecule has 2 aromatic heterocycles. The highest BCUT2D eigenvalue weighted by molar-refractivity contribution is 6.18. The van der Waals surface area contributed by atoms with Gasteiger partial charge in [0.1, 0.15) is 5.75 Å². The van der Waals surface area contributed by atoms with Crippen LogP contribution in [-0.2, 0) is 22.1 Å². The van der Waals surface area contributed by atoms with Crippen LogP contribution < -0.4 is 10.1 Å². The van der Waals surface area contributed by atoms with Gasteiger partial charge in [0.15, 0.2) is 11.6 Å². The normalized spacial score (nSPS) is 11.7. The standard InChI is InChI=1S/C22H15F4N3O5/c1-34-15-5-3-11(19(23)20(15)24)22(25,26)29-12-4-2-10(6-16(32)33)21(28-9-30)18(12)17-13(29)7-27-8-14(17)31/h2-5,7-9,31H,6H2,1H3,(H,28,30)(H,32,33). The van der Waals surface area contributed by atoms with Crippen LogP contribution >= 0.6 is 0 Å². The largest absolute Gasteiger partial charge is 0.506 e. The van der Waals surface area contributed by atoms with Gasteiger partial charge in [-0.2, -0.15) is 13.2 Å². The molecule has 0 aliphatic carbocycles. The quantitative estimate of drug-likeness (QED) is 0.274. The minimum absolute atomic E-state index is 0.0624. The number of halogens is 4. The number of amides is 1. The third-order valence-electron chi connectivity index (χ3n) is 5.32. The Morgan fingerprint density at radius 1 is 1.15 bits per heavy atom. The first-order valence-electron chi connectivity index (χ1n) is 9.59. The maximum absolute atomic E-state index is 15.8. The molecule has 8 nitrogen and oxygen atoms in total. The van der Waals surface area contributed by atoms with Gasteiger partial charge in [-0.3, -0.25) is 19.1 Å². The predicted octanol–water partition coefficient (Wildman–Crippen LogP) is 3.97. The molecule has 0 saturated carbocycles. The maximum Gasteiger partial charge on any atom is 0.359 e. The summed E-state index contributed by atoms with van der Waals surface area (Å²) in [5.74, 6) is -5.85. The number of anilines is 1. The van der Waals surface area contributed by atoms with Crippen molar-refractivity contribution in [1.29, 1.82) is 0 Å². The summed E-state index contributed by atoms with van der Waals surface area (Å²) in [4.78, 5) is 26.2. The Balaban J connectivity index is 2.14. The first kappa shape index (κ1) is 22.8. The van der Waals surface area contributed by atoms with E-state index in [0.717, 1.165) is 31.6 Å². The molecule has 12 heteroatoms. The Labute approximate surface area is 188 Å². The maximum atomic E-state index is 15.8. The number of aromatic hydroxyl groups is 1. The zero-order valence-electron chi connectivity index (χ0n) is 17.3. The molecule has 0 aliphatic heterocycles. The molecule has 34 heavy (non-hydrogen) atoms. The molecule has 4 rings (SSSR count). The number of fused-ring (bicyclic) bond motifs is 3. The summed E-state index contributed by atoms with van der Waals surface area (Å²) in [7, 11) is 1.05. The van der Waals surface area contributed by atoms with Crippen LogP contribution in [-0.4, -0.2) is 39.3 Å². The number of aliphatic carboxylic acids is 1. The third-order valence-corrected chi connectivity index (χ3v) is 5.32. The molecule has 0 spiro atoms. The van der Waals surface area contributed by atoms with Crippen LogP contribution in [0, 0.1) is 11.6 Å². The van der Waals surface area contributed by atoms with Crippen LogP contribution in [0.3, 0.4) is 0 Å². The molecule has 0 saturated heterocycles. The highest BCUT2D eigenvalue weighted by Gasteiger charge is 2.42. The number of ether oxygens (including phenoxy) is 1. The van der Waals surface area contributed by atoms with Crippen LogP contribution in [0.2, 0.25) is 0 Å². The van der Waals surface area contributed by atoms with Gasteiger partial charge in [-0.05, 0) is 23.8 Å². The van der Waals surface area contributed by atoms with E-state index in [1.165, 1.54) is 6.07 Å². The molecule has 0 atom stereocenters. The van der Waals surface area contributed by atoms with E-state index >= 15 is 8.78 Å². The van der Waals surface area contributed by atoms with Gasteiger partial charge in [-0.1, -0.05) is 6.07 Å². The molecular weight excluding hydrogens is 462 g/mol. The van der Waals surface area contributed by atoms with Gasteiger partial charge in [0.2, 0.25) is 12.2 Å². The molecule has 0 unspecified atom stereocenters. The number of carboxylic acids is 1. The van der Waals surface area contributed by atoms with Crippen LogP contribution in [0.5, 0.6) is 11.5 Å². The first-order valence-corrected chi connectivity index (χ1v) is 9.59. The van der Waals surface area contributed by atoms with E-state index in [1.807, 2.05) is 0 Å². The van der Waals surface area contributed by atoms with Crippen molar-refractivity contribution in [2.45, 2.75) is 12.5 Å². The second-order valence-corrected chi connectivity index (χ2v) is 7.20. The van der Waals surface area contributed by atoms with Crippen molar-refractivity contribution in [2.75, 3.05) is 12.4 Å². The smallest absolute Gasteiger partial charge is 0.359 e. The van der Waals surface area contributed by atoms with Crippen molar-refractivity contribution < 1.29 is 42.1 Å². The van der Waals surface area contributed by atoms with Crippen molar-refractivity contribution >= 4 is 39.9 Å². The lowest BCUT2D eigenvalue weighted by atomic mass is 10.0. The van der Waals surface area contributed by atoms with Gasteiger partial charge in [-0.25, -0.2) is 4.39 Å². The number of hydrogen-bond acceptors (Lipinski definition) is 5. The molecular formula is C22H15F4N3O5. The van der Waals surface area contributed by atoms with Gasteiger partial charge in [0.05, 0.1) is 53.6 Å². The summed E-state index contributed by atoms with van der Waals surface area (Å²) < 4.78 is 65.6. The number of hydrogen-bond donors (Lipinski definition) is 3. The van der Waals surface area contributed by atoms with Gasteiger partial charge in [0, 0.05) is 5.39 Å². The number of carboxylic acid groups (broad SMARTS) is 1. The zero-order chi connectivity index (χ0) is 24.8. The average Bonchev–Trinajstić information content (AvgIpc) is 3.13. The van der Waals surface area contributed by atoms with Crippen LogP contribution in [0.15, 0.2) is 36.7 Å². The van der Waals surface area contributed by atoms with E-state index in [9.17, 15) is 28.6 Å². The molecule has 0 fully saturated rings. The third kappa shape index (κ3) is 3.34. The van der Waals surface area contributed by atoms with Crippen molar-refractivity contribution in [1.82, 2.24) is 9.55 Å². The van der Waals surface area contributed by atoms with E-state index in [2.05, 4.69) is 15.0 Å². The van der Waals surface area contributed by atoms with Gasteiger partial charge >= 0.3 is 12.0 Å². The van der Waals surface area contributed by atoms with Crippen LogP contribution in [0.1, 0.15) is 11.1 Å². The summed E-state index contributed by atoms with van der Waals surface area (Å²) in [6.07, 6.45) is 1.59.